The van der Waals surface area contributed by atoms with Gasteiger partial charge in [0.25, 0.3) is 0 Å². The SMILES string of the molecule is B1c2cccc3c2N(c2ccccc2C32c3ccccc3-c3ccccc32)c2cc3sc4ccccc4c3c(-c3cccc4c3[nH]c3c5ccccc5ccc43)c21. The first-order chi connectivity index (χ1) is 28.3. The Bertz CT molecular complexity index is 3540. The lowest BCUT2D eigenvalue weighted by atomic mass is 9.54. The molecule has 0 atom stereocenters. The van der Waals surface area contributed by atoms with E-state index in [0.717, 1.165) is 7.28 Å². The Morgan fingerprint density at radius 2 is 1.12 bits per heavy atom. The molecule has 0 saturated carbocycles. The van der Waals surface area contributed by atoms with E-state index in [-0.39, 0.29) is 0 Å². The van der Waals surface area contributed by atoms with Crippen LogP contribution in [0.3, 0.4) is 0 Å². The van der Waals surface area contributed by atoms with Crippen molar-refractivity contribution in [3.05, 3.63) is 198 Å². The van der Waals surface area contributed by atoms with Crippen molar-refractivity contribution in [2.24, 2.45) is 0 Å². The minimum absolute atomic E-state index is 0.424. The number of rotatable bonds is 1. The quantitative estimate of drug-likeness (QED) is 0.166. The van der Waals surface area contributed by atoms with Gasteiger partial charge in [-0.05, 0) is 68.0 Å². The second-order valence-electron chi connectivity index (χ2n) is 16.0. The predicted octanol–water partition coefficient (Wildman–Crippen LogP) is 12.4. The smallest absolute Gasteiger partial charge is 0.198 e. The fourth-order valence-corrected chi connectivity index (χ4v) is 12.4. The second kappa shape index (κ2) is 10.7. The number of anilines is 3. The number of aromatic amines is 1. The molecule has 9 aromatic carbocycles. The third-order valence-electron chi connectivity index (χ3n) is 13.4. The summed E-state index contributed by atoms with van der Waals surface area (Å²) in [5.41, 5.74) is 19.3. The van der Waals surface area contributed by atoms with Crippen LogP contribution in [0.1, 0.15) is 22.3 Å². The van der Waals surface area contributed by atoms with Gasteiger partial charge in [-0.25, -0.2) is 0 Å². The number of hydrogen-bond donors (Lipinski definition) is 1. The van der Waals surface area contributed by atoms with E-state index in [1.165, 1.54) is 125 Å². The summed E-state index contributed by atoms with van der Waals surface area (Å²) < 4.78 is 2.64. The minimum atomic E-state index is -0.424. The molecule has 1 spiro atoms. The second-order valence-corrected chi connectivity index (χ2v) is 17.1. The summed E-state index contributed by atoms with van der Waals surface area (Å²) in [5, 5.41) is 7.72. The molecule has 3 aliphatic rings. The number of nitrogens with zero attached hydrogens (tertiary/aromatic N) is 1. The average Bonchev–Trinajstić information content (AvgIpc) is 3.93. The van der Waals surface area contributed by atoms with Crippen molar-refractivity contribution >= 4 is 99.4 Å². The number of hydrogen-bond acceptors (Lipinski definition) is 2. The highest BCUT2D eigenvalue weighted by molar-refractivity contribution is 7.26. The van der Waals surface area contributed by atoms with Crippen LogP contribution in [0, 0.1) is 0 Å². The fraction of sp³-hybridized carbons (Fsp3) is 0.0189. The molecule has 14 rings (SSSR count). The van der Waals surface area contributed by atoms with E-state index in [4.69, 9.17) is 0 Å². The van der Waals surface area contributed by atoms with Crippen LogP contribution in [0.15, 0.2) is 176 Å². The molecular weight excluding hydrogens is 707 g/mol. The van der Waals surface area contributed by atoms with Crippen LogP contribution < -0.4 is 15.8 Å². The highest BCUT2D eigenvalue weighted by Gasteiger charge is 2.53. The molecule has 0 bridgehead atoms. The van der Waals surface area contributed by atoms with Gasteiger partial charge in [-0.1, -0.05) is 163 Å². The number of fused-ring (bicyclic) bond motifs is 19. The first kappa shape index (κ1) is 30.4. The molecule has 0 radical (unpaired) electrons. The molecule has 2 aromatic heterocycles. The highest BCUT2D eigenvalue weighted by Crippen LogP contribution is 2.63. The van der Waals surface area contributed by atoms with Crippen molar-refractivity contribution in [2.75, 3.05) is 4.90 Å². The van der Waals surface area contributed by atoms with Gasteiger partial charge in [0.1, 0.15) is 0 Å². The van der Waals surface area contributed by atoms with Crippen molar-refractivity contribution in [1.29, 1.82) is 0 Å². The summed E-state index contributed by atoms with van der Waals surface area (Å²) in [6.45, 7) is 0. The van der Waals surface area contributed by atoms with E-state index < -0.39 is 5.41 Å². The van der Waals surface area contributed by atoms with Crippen LogP contribution in [-0.4, -0.2) is 12.3 Å². The summed E-state index contributed by atoms with van der Waals surface area (Å²) in [6, 6.07) is 66.3. The number of thiophene rings is 1. The molecule has 2 aliphatic heterocycles. The normalized spacial score (nSPS) is 14.2. The molecular formula is C53H31BN2S. The lowest BCUT2D eigenvalue weighted by Crippen LogP contribution is -2.47. The van der Waals surface area contributed by atoms with Gasteiger partial charge in [-0.15, -0.1) is 11.3 Å². The van der Waals surface area contributed by atoms with Gasteiger partial charge < -0.3 is 9.88 Å². The number of nitrogens with one attached hydrogen (secondary N) is 1. The third kappa shape index (κ3) is 3.64. The summed E-state index contributed by atoms with van der Waals surface area (Å²) in [6.07, 6.45) is 0. The Morgan fingerprint density at radius 3 is 1.98 bits per heavy atom. The van der Waals surface area contributed by atoms with Crippen LogP contribution in [0.4, 0.5) is 17.1 Å². The maximum absolute atomic E-state index is 4.02. The van der Waals surface area contributed by atoms with Crippen LogP contribution in [0.2, 0.25) is 0 Å². The van der Waals surface area contributed by atoms with Crippen molar-refractivity contribution in [2.45, 2.75) is 5.41 Å². The Morgan fingerprint density at radius 1 is 0.474 bits per heavy atom. The largest absolute Gasteiger partial charge is 0.353 e. The van der Waals surface area contributed by atoms with E-state index in [1.54, 1.807) is 0 Å². The number of H-pyrrole nitrogens is 1. The molecule has 4 heteroatoms. The first-order valence-electron chi connectivity index (χ1n) is 19.9. The van der Waals surface area contributed by atoms with Crippen LogP contribution >= 0.6 is 11.3 Å². The van der Waals surface area contributed by atoms with E-state index in [0.29, 0.717) is 0 Å². The van der Waals surface area contributed by atoms with Crippen molar-refractivity contribution in [1.82, 2.24) is 4.98 Å². The van der Waals surface area contributed by atoms with Gasteiger partial charge in [0.15, 0.2) is 7.28 Å². The minimum Gasteiger partial charge on any atom is -0.353 e. The summed E-state index contributed by atoms with van der Waals surface area (Å²) >= 11 is 1.92. The molecule has 1 N–H and O–H groups in total. The maximum atomic E-state index is 4.02. The Labute approximate surface area is 333 Å². The summed E-state index contributed by atoms with van der Waals surface area (Å²) in [4.78, 5) is 6.66. The fourth-order valence-electron chi connectivity index (χ4n) is 11.3. The predicted molar refractivity (Wildman–Crippen MR) is 244 cm³/mol. The Kier molecular flexibility index (Phi) is 5.70. The van der Waals surface area contributed by atoms with Gasteiger partial charge in [-0.2, -0.15) is 0 Å². The van der Waals surface area contributed by atoms with E-state index in [9.17, 15) is 0 Å². The third-order valence-corrected chi connectivity index (χ3v) is 14.5. The molecule has 0 unspecified atom stereocenters. The first-order valence-corrected chi connectivity index (χ1v) is 20.7. The maximum Gasteiger partial charge on any atom is 0.198 e. The molecule has 0 amide bonds. The molecule has 1 aliphatic carbocycles. The number of para-hydroxylation sites is 3. The summed E-state index contributed by atoms with van der Waals surface area (Å²) in [7, 11) is 0.839. The van der Waals surface area contributed by atoms with Gasteiger partial charge >= 0.3 is 0 Å². The van der Waals surface area contributed by atoms with Crippen molar-refractivity contribution in [3.63, 3.8) is 0 Å². The molecule has 0 saturated heterocycles. The van der Waals surface area contributed by atoms with Gasteiger partial charge in [0.05, 0.1) is 22.1 Å². The zero-order valence-corrected chi connectivity index (χ0v) is 31.6. The number of benzene rings is 9. The number of aromatic nitrogens is 1. The Hall–Kier alpha value is -6.88. The topological polar surface area (TPSA) is 19.0 Å². The lowest BCUT2D eigenvalue weighted by molar-refractivity contribution is 0.754. The van der Waals surface area contributed by atoms with Gasteiger partial charge in [0.2, 0.25) is 0 Å². The molecule has 262 valence electrons. The van der Waals surface area contributed by atoms with Gasteiger partial charge in [-0.3, -0.25) is 0 Å². The highest BCUT2D eigenvalue weighted by atomic mass is 32.1. The molecule has 57 heavy (non-hydrogen) atoms. The molecule has 11 aromatic rings. The lowest BCUT2D eigenvalue weighted by Gasteiger charge is -2.48. The molecule has 0 fully saturated rings. The monoisotopic (exact) mass is 738 g/mol. The van der Waals surface area contributed by atoms with Crippen molar-refractivity contribution in [3.8, 4) is 22.3 Å². The summed E-state index contributed by atoms with van der Waals surface area (Å²) in [5.74, 6) is 0. The van der Waals surface area contributed by atoms with E-state index in [2.05, 4.69) is 186 Å². The molecule has 4 heterocycles. The standard InChI is InChI=1S/C53H31BN2S/c1-2-14-31-30(13-1)27-28-35-34-18-11-19-37(51(34)55-50(31)35)48-47-36-17-5-10-26-45(36)57-46(47)29-44-49(48)54-42-24-12-23-41-52(42)56(44)43-25-9-8-22-40(43)53(41)38-20-6-3-15-32(38)33-16-4-7-21-39(33)53/h1-29,54-55H. The van der Waals surface area contributed by atoms with Crippen LogP contribution in [0.5, 0.6) is 0 Å². The zero-order valence-electron chi connectivity index (χ0n) is 30.8. The van der Waals surface area contributed by atoms with Crippen LogP contribution in [0.25, 0.3) is 75.0 Å². The Balaban J connectivity index is 1.12. The van der Waals surface area contributed by atoms with Gasteiger partial charge in [0, 0.05) is 53.3 Å². The van der Waals surface area contributed by atoms with Crippen molar-refractivity contribution < 1.29 is 0 Å². The van der Waals surface area contributed by atoms with E-state index in [1.807, 2.05) is 11.3 Å². The van der Waals surface area contributed by atoms with Crippen LogP contribution in [-0.2, 0) is 5.41 Å². The zero-order chi connectivity index (χ0) is 37.0. The molecule has 2 nitrogen and oxygen atoms in total. The average molecular weight is 739 g/mol. The van der Waals surface area contributed by atoms with E-state index >= 15 is 0 Å².